The molecule has 2 aromatic carbocycles. The Kier molecular flexibility index (Phi) is 5.01. The van der Waals surface area contributed by atoms with E-state index in [4.69, 9.17) is 9.47 Å². The van der Waals surface area contributed by atoms with Crippen LogP contribution in [0.25, 0.3) is 0 Å². The zero-order chi connectivity index (χ0) is 20.4. The van der Waals surface area contributed by atoms with Gasteiger partial charge >= 0.3 is 0 Å². The van der Waals surface area contributed by atoms with Gasteiger partial charge in [-0.3, -0.25) is 4.79 Å². The molecule has 1 aliphatic rings. The number of benzene rings is 2. The van der Waals surface area contributed by atoms with Gasteiger partial charge in [0.15, 0.2) is 11.5 Å². The molecule has 1 aromatic heterocycles. The molecule has 1 heterocycles. The average Bonchev–Trinajstić information content (AvgIpc) is 3.48. The molecule has 0 bridgehead atoms. The molecule has 1 N–H and O–H groups in total. The van der Waals surface area contributed by atoms with Gasteiger partial charge < -0.3 is 19.4 Å². The molecule has 0 saturated heterocycles. The number of imidazole rings is 1. The van der Waals surface area contributed by atoms with Crippen LogP contribution in [0, 0.1) is 0 Å². The monoisotopic (exact) mass is 391 g/mol. The average molecular weight is 391 g/mol. The molecule has 0 radical (unpaired) electrons. The summed E-state index contributed by atoms with van der Waals surface area (Å²) in [6.45, 7) is 0. The van der Waals surface area contributed by atoms with E-state index < -0.39 is 11.5 Å². The van der Waals surface area contributed by atoms with Gasteiger partial charge in [-0.2, -0.15) is 0 Å². The van der Waals surface area contributed by atoms with Gasteiger partial charge in [-0.15, -0.1) is 0 Å². The van der Waals surface area contributed by atoms with Crippen molar-refractivity contribution >= 4 is 5.91 Å². The zero-order valence-corrected chi connectivity index (χ0v) is 16.9. The third-order valence-corrected chi connectivity index (χ3v) is 5.64. The number of aryl methyl sites for hydroxylation is 1. The third kappa shape index (κ3) is 3.46. The van der Waals surface area contributed by atoms with E-state index >= 15 is 0 Å². The summed E-state index contributed by atoms with van der Waals surface area (Å²) in [5, 5.41) is 3.25. The van der Waals surface area contributed by atoms with Crippen LogP contribution in [0.5, 0.6) is 11.5 Å². The van der Waals surface area contributed by atoms with Crippen molar-refractivity contribution in [3.63, 3.8) is 0 Å². The SMILES string of the molecule is COc1ccc([C@H](NC(=O)C2(c3ccccc3)CC2)c2nccn2C)cc1OC. The van der Waals surface area contributed by atoms with Gasteiger partial charge in [0.2, 0.25) is 5.91 Å². The summed E-state index contributed by atoms with van der Waals surface area (Å²) in [5.41, 5.74) is 1.49. The standard InChI is InChI=1S/C23H25N3O3/c1-26-14-13-24-21(26)20(16-9-10-18(28-2)19(15-16)29-3)25-22(27)23(11-12-23)17-7-5-4-6-8-17/h4-10,13-15,20H,11-12H2,1-3H3,(H,25,27)/t20-/m0/s1. The van der Waals surface area contributed by atoms with Crippen molar-refractivity contribution in [2.24, 2.45) is 7.05 Å². The molecule has 6 nitrogen and oxygen atoms in total. The fourth-order valence-electron chi connectivity index (χ4n) is 3.78. The summed E-state index contributed by atoms with van der Waals surface area (Å²) in [7, 11) is 5.13. The second-order valence-corrected chi connectivity index (χ2v) is 7.37. The molecule has 1 fully saturated rings. The van der Waals surface area contributed by atoms with E-state index in [-0.39, 0.29) is 5.91 Å². The number of methoxy groups -OCH3 is 2. The number of carbonyl (C=O) groups is 1. The number of ether oxygens (including phenoxy) is 2. The lowest BCUT2D eigenvalue weighted by Gasteiger charge is -2.24. The predicted octanol–water partition coefficient (Wildman–Crippen LogP) is 3.37. The minimum Gasteiger partial charge on any atom is -0.493 e. The van der Waals surface area contributed by atoms with Crippen molar-refractivity contribution in [2.75, 3.05) is 14.2 Å². The fraction of sp³-hybridized carbons (Fsp3) is 0.304. The van der Waals surface area contributed by atoms with Crippen molar-refractivity contribution < 1.29 is 14.3 Å². The molecule has 0 unspecified atom stereocenters. The van der Waals surface area contributed by atoms with Crippen molar-refractivity contribution in [3.8, 4) is 11.5 Å². The van der Waals surface area contributed by atoms with Gasteiger partial charge in [0.25, 0.3) is 0 Å². The lowest BCUT2D eigenvalue weighted by molar-refractivity contribution is -0.124. The molecule has 3 aromatic rings. The molecule has 1 amide bonds. The quantitative estimate of drug-likeness (QED) is 0.671. The molecule has 6 heteroatoms. The molecule has 1 atom stereocenters. The van der Waals surface area contributed by atoms with Gasteiger partial charge in [-0.1, -0.05) is 36.4 Å². The number of nitrogens with zero attached hydrogens (tertiary/aromatic N) is 2. The highest BCUT2D eigenvalue weighted by atomic mass is 16.5. The number of aromatic nitrogens is 2. The van der Waals surface area contributed by atoms with Crippen LogP contribution in [0.2, 0.25) is 0 Å². The predicted molar refractivity (Wildman–Crippen MR) is 110 cm³/mol. The first-order valence-electron chi connectivity index (χ1n) is 9.64. The van der Waals surface area contributed by atoms with Gasteiger partial charge in [0.1, 0.15) is 11.9 Å². The minimum atomic E-state index is -0.457. The third-order valence-electron chi connectivity index (χ3n) is 5.64. The molecule has 0 spiro atoms. The Morgan fingerprint density at radius 1 is 1.10 bits per heavy atom. The van der Waals surface area contributed by atoms with E-state index in [2.05, 4.69) is 10.3 Å². The minimum absolute atomic E-state index is 0.0199. The van der Waals surface area contributed by atoms with Crippen LogP contribution in [0.1, 0.15) is 35.8 Å². The highest BCUT2D eigenvalue weighted by Crippen LogP contribution is 2.49. The van der Waals surface area contributed by atoms with E-state index in [0.717, 1.165) is 29.8 Å². The number of nitrogens with one attached hydrogen (secondary N) is 1. The molecule has 150 valence electrons. The van der Waals surface area contributed by atoms with Crippen LogP contribution >= 0.6 is 0 Å². The van der Waals surface area contributed by atoms with E-state index in [1.807, 2.05) is 66.3 Å². The number of hydrogen-bond donors (Lipinski definition) is 1. The highest BCUT2D eigenvalue weighted by molar-refractivity contribution is 5.91. The largest absolute Gasteiger partial charge is 0.493 e. The Labute approximate surface area is 170 Å². The molecule has 1 aliphatic carbocycles. The highest BCUT2D eigenvalue weighted by Gasteiger charge is 2.51. The number of amides is 1. The van der Waals surface area contributed by atoms with Crippen LogP contribution in [-0.2, 0) is 17.3 Å². The van der Waals surface area contributed by atoms with E-state index in [1.165, 1.54) is 0 Å². The lowest BCUT2D eigenvalue weighted by Crippen LogP contribution is -2.38. The second-order valence-electron chi connectivity index (χ2n) is 7.37. The summed E-state index contributed by atoms with van der Waals surface area (Å²) >= 11 is 0. The van der Waals surface area contributed by atoms with Crippen molar-refractivity contribution in [3.05, 3.63) is 77.9 Å². The Hall–Kier alpha value is -3.28. The van der Waals surface area contributed by atoms with Crippen LogP contribution in [-0.4, -0.2) is 29.7 Å². The summed E-state index contributed by atoms with van der Waals surface area (Å²) in [5.74, 6) is 2.03. The molecule has 4 rings (SSSR count). The van der Waals surface area contributed by atoms with Crippen LogP contribution < -0.4 is 14.8 Å². The second kappa shape index (κ2) is 7.62. The molecule has 0 aliphatic heterocycles. The Morgan fingerprint density at radius 3 is 2.41 bits per heavy atom. The van der Waals surface area contributed by atoms with Gasteiger partial charge in [-0.05, 0) is 36.1 Å². The number of carbonyl (C=O) groups excluding carboxylic acids is 1. The van der Waals surface area contributed by atoms with Gasteiger partial charge in [-0.25, -0.2) is 4.98 Å². The number of rotatable bonds is 7. The summed E-state index contributed by atoms with van der Waals surface area (Å²) in [6.07, 6.45) is 5.31. The first-order valence-corrected chi connectivity index (χ1v) is 9.64. The molecular weight excluding hydrogens is 366 g/mol. The molecule has 1 saturated carbocycles. The summed E-state index contributed by atoms with van der Waals surface area (Å²) in [4.78, 5) is 17.9. The van der Waals surface area contributed by atoms with E-state index in [1.54, 1.807) is 20.4 Å². The van der Waals surface area contributed by atoms with Gasteiger partial charge in [0.05, 0.1) is 19.6 Å². The summed E-state index contributed by atoms with van der Waals surface area (Å²) in [6, 6.07) is 15.3. The van der Waals surface area contributed by atoms with Crippen LogP contribution in [0.4, 0.5) is 0 Å². The maximum Gasteiger partial charge on any atom is 0.231 e. The van der Waals surface area contributed by atoms with Crippen molar-refractivity contribution in [2.45, 2.75) is 24.3 Å². The zero-order valence-electron chi connectivity index (χ0n) is 16.9. The molecular formula is C23H25N3O3. The van der Waals surface area contributed by atoms with Crippen LogP contribution in [0.15, 0.2) is 60.9 Å². The maximum atomic E-state index is 13.4. The summed E-state index contributed by atoms with van der Waals surface area (Å²) < 4.78 is 12.7. The smallest absolute Gasteiger partial charge is 0.231 e. The first-order chi connectivity index (χ1) is 14.1. The Bertz CT molecular complexity index is 1010. The molecule has 29 heavy (non-hydrogen) atoms. The number of hydrogen-bond acceptors (Lipinski definition) is 4. The Morgan fingerprint density at radius 2 is 1.83 bits per heavy atom. The topological polar surface area (TPSA) is 65.4 Å². The Balaban J connectivity index is 1.70. The van der Waals surface area contributed by atoms with Crippen LogP contribution in [0.3, 0.4) is 0 Å². The van der Waals surface area contributed by atoms with E-state index in [9.17, 15) is 4.79 Å². The first kappa shape index (κ1) is 19.1. The van der Waals surface area contributed by atoms with Gasteiger partial charge in [0, 0.05) is 19.4 Å². The van der Waals surface area contributed by atoms with Crippen molar-refractivity contribution in [1.82, 2.24) is 14.9 Å². The van der Waals surface area contributed by atoms with Crippen molar-refractivity contribution in [1.29, 1.82) is 0 Å². The lowest BCUT2D eigenvalue weighted by atomic mass is 9.94. The van der Waals surface area contributed by atoms with E-state index in [0.29, 0.717) is 11.5 Å². The fourth-order valence-corrected chi connectivity index (χ4v) is 3.78. The maximum absolute atomic E-state index is 13.4. The normalized spacial score (nSPS) is 15.4.